The highest BCUT2D eigenvalue weighted by atomic mass is 35.5. The van der Waals surface area contributed by atoms with Gasteiger partial charge in [-0.2, -0.15) is 0 Å². The molecule has 2 saturated carbocycles. The number of methoxy groups -OCH3 is 1. The topological polar surface area (TPSA) is 15.7 Å². The molecule has 1 heterocycles. The van der Waals surface area contributed by atoms with E-state index < -0.39 is 0 Å². The van der Waals surface area contributed by atoms with E-state index in [1.165, 1.54) is 68.6 Å². The SMILES string of the molecule is COc1cccc(-c2ccc(C3CC(C)(C)CC(C)(C)C3)c(N3CCN(CC4CC4)CC3)c2)c1.Cl. The lowest BCUT2D eigenvalue weighted by molar-refractivity contribution is 0.0970. The normalized spacial score (nSPS) is 22.5. The van der Waals surface area contributed by atoms with Gasteiger partial charge in [0.25, 0.3) is 0 Å². The van der Waals surface area contributed by atoms with E-state index in [2.05, 4.69) is 73.9 Å². The van der Waals surface area contributed by atoms with Crippen LogP contribution >= 0.6 is 12.4 Å². The summed E-state index contributed by atoms with van der Waals surface area (Å²) in [5, 5.41) is 0. The van der Waals surface area contributed by atoms with Gasteiger partial charge in [0.2, 0.25) is 0 Å². The molecule has 2 aromatic carbocycles. The lowest BCUT2D eigenvalue weighted by Crippen LogP contribution is -2.47. The fourth-order valence-electron chi connectivity index (χ4n) is 7.05. The number of benzene rings is 2. The van der Waals surface area contributed by atoms with Crippen molar-refractivity contribution >= 4 is 18.1 Å². The van der Waals surface area contributed by atoms with Crippen LogP contribution in [0.1, 0.15) is 71.3 Å². The van der Waals surface area contributed by atoms with Crippen LogP contribution in [0.4, 0.5) is 5.69 Å². The molecule has 192 valence electrons. The number of piperazine rings is 1. The molecule has 3 fully saturated rings. The largest absolute Gasteiger partial charge is 0.497 e. The van der Waals surface area contributed by atoms with Crippen LogP contribution in [-0.4, -0.2) is 44.7 Å². The van der Waals surface area contributed by atoms with Gasteiger partial charge in [-0.25, -0.2) is 0 Å². The zero-order valence-electron chi connectivity index (χ0n) is 22.5. The molecule has 3 aliphatic rings. The van der Waals surface area contributed by atoms with E-state index in [1.807, 2.05) is 6.07 Å². The predicted molar refractivity (Wildman–Crippen MR) is 151 cm³/mol. The second kappa shape index (κ2) is 10.3. The molecule has 2 aliphatic carbocycles. The minimum atomic E-state index is 0. The Hall–Kier alpha value is -1.71. The van der Waals surface area contributed by atoms with Crippen molar-refractivity contribution < 1.29 is 4.74 Å². The molecule has 0 radical (unpaired) electrons. The van der Waals surface area contributed by atoms with Gasteiger partial charge in [0.05, 0.1) is 7.11 Å². The van der Waals surface area contributed by atoms with Crippen molar-refractivity contribution in [2.24, 2.45) is 16.7 Å². The van der Waals surface area contributed by atoms with Gasteiger partial charge >= 0.3 is 0 Å². The number of anilines is 1. The number of hydrogen-bond acceptors (Lipinski definition) is 3. The molecule has 0 amide bonds. The van der Waals surface area contributed by atoms with E-state index in [4.69, 9.17) is 4.74 Å². The molecule has 3 nitrogen and oxygen atoms in total. The van der Waals surface area contributed by atoms with Gasteiger partial charge in [-0.15, -0.1) is 12.4 Å². The Morgan fingerprint density at radius 1 is 0.857 bits per heavy atom. The first-order valence-corrected chi connectivity index (χ1v) is 13.5. The van der Waals surface area contributed by atoms with Gasteiger partial charge in [-0.05, 0) is 89.7 Å². The molecule has 1 aliphatic heterocycles. The molecule has 0 atom stereocenters. The predicted octanol–water partition coefficient (Wildman–Crippen LogP) is 7.64. The third-order valence-electron chi connectivity index (χ3n) is 8.35. The fraction of sp³-hybridized carbons (Fsp3) is 0.613. The Balaban J connectivity index is 0.00000289. The standard InChI is InChI=1S/C31H44N2O.ClH/c1-30(2)19-26(20-31(3,4)22-30)28-12-11-25(24-7-6-8-27(17-24)34-5)18-29(28)33-15-13-32(14-16-33)21-23-9-10-23;/h6-8,11-12,17-18,23,26H,9-10,13-16,19-22H2,1-5H3;1H. The van der Waals surface area contributed by atoms with Gasteiger partial charge in [-0.3, -0.25) is 4.90 Å². The van der Waals surface area contributed by atoms with Crippen molar-refractivity contribution in [2.75, 3.05) is 44.7 Å². The number of rotatable bonds is 6. The summed E-state index contributed by atoms with van der Waals surface area (Å²) in [5.41, 5.74) is 6.36. The van der Waals surface area contributed by atoms with Crippen LogP contribution < -0.4 is 9.64 Å². The third-order valence-corrected chi connectivity index (χ3v) is 8.35. The van der Waals surface area contributed by atoms with E-state index >= 15 is 0 Å². The minimum absolute atomic E-state index is 0. The molecular formula is C31H45ClN2O. The first kappa shape index (κ1) is 26.4. The highest BCUT2D eigenvalue weighted by Gasteiger charge is 2.40. The molecule has 0 spiro atoms. The maximum Gasteiger partial charge on any atom is 0.119 e. The highest BCUT2D eigenvalue weighted by molar-refractivity contribution is 5.85. The summed E-state index contributed by atoms with van der Waals surface area (Å²) in [6, 6.07) is 15.8. The highest BCUT2D eigenvalue weighted by Crippen LogP contribution is 2.53. The Labute approximate surface area is 219 Å². The molecule has 1 saturated heterocycles. The molecule has 2 aromatic rings. The van der Waals surface area contributed by atoms with Crippen molar-refractivity contribution in [3.05, 3.63) is 48.0 Å². The van der Waals surface area contributed by atoms with Crippen LogP contribution in [0.15, 0.2) is 42.5 Å². The average Bonchev–Trinajstić information content (AvgIpc) is 3.61. The van der Waals surface area contributed by atoms with Crippen LogP contribution in [0.25, 0.3) is 11.1 Å². The van der Waals surface area contributed by atoms with Crippen molar-refractivity contribution in [1.82, 2.24) is 4.90 Å². The Bertz CT molecular complexity index is 989. The zero-order chi connectivity index (χ0) is 23.9. The van der Waals surface area contributed by atoms with E-state index in [1.54, 1.807) is 12.7 Å². The molecule has 0 bridgehead atoms. The van der Waals surface area contributed by atoms with Crippen LogP contribution in [0.3, 0.4) is 0 Å². The van der Waals surface area contributed by atoms with E-state index in [0.29, 0.717) is 16.7 Å². The molecule has 4 heteroatoms. The lowest BCUT2D eigenvalue weighted by atomic mass is 9.60. The summed E-state index contributed by atoms with van der Waals surface area (Å²) in [4.78, 5) is 5.39. The summed E-state index contributed by atoms with van der Waals surface area (Å²) in [7, 11) is 1.75. The molecular weight excluding hydrogens is 452 g/mol. The maximum atomic E-state index is 5.52. The van der Waals surface area contributed by atoms with E-state index in [0.717, 1.165) is 24.8 Å². The van der Waals surface area contributed by atoms with Gasteiger partial charge < -0.3 is 9.64 Å². The number of ether oxygens (including phenoxy) is 1. The fourth-order valence-corrected chi connectivity index (χ4v) is 7.05. The van der Waals surface area contributed by atoms with Crippen molar-refractivity contribution in [3.8, 4) is 16.9 Å². The Kier molecular flexibility index (Phi) is 7.79. The summed E-state index contributed by atoms with van der Waals surface area (Å²) >= 11 is 0. The van der Waals surface area contributed by atoms with Crippen LogP contribution in [0, 0.1) is 16.7 Å². The van der Waals surface area contributed by atoms with Crippen molar-refractivity contribution in [3.63, 3.8) is 0 Å². The number of nitrogens with zero attached hydrogens (tertiary/aromatic N) is 2. The Morgan fingerprint density at radius 3 is 2.14 bits per heavy atom. The smallest absolute Gasteiger partial charge is 0.119 e. The van der Waals surface area contributed by atoms with Crippen LogP contribution in [0.5, 0.6) is 5.75 Å². The number of halogens is 1. The lowest BCUT2D eigenvalue weighted by Gasteiger charge is -2.46. The average molecular weight is 497 g/mol. The second-order valence-electron chi connectivity index (χ2n) is 12.8. The maximum absolute atomic E-state index is 5.52. The summed E-state index contributed by atoms with van der Waals surface area (Å²) in [6.07, 6.45) is 6.77. The Morgan fingerprint density at radius 2 is 1.51 bits per heavy atom. The van der Waals surface area contributed by atoms with Crippen molar-refractivity contribution in [1.29, 1.82) is 0 Å². The molecule has 0 N–H and O–H groups in total. The summed E-state index contributed by atoms with van der Waals surface area (Å²) < 4.78 is 5.52. The minimum Gasteiger partial charge on any atom is -0.497 e. The number of hydrogen-bond donors (Lipinski definition) is 0. The van der Waals surface area contributed by atoms with Gasteiger partial charge in [0.1, 0.15) is 5.75 Å². The molecule has 0 unspecified atom stereocenters. The van der Waals surface area contributed by atoms with Gasteiger partial charge in [0.15, 0.2) is 0 Å². The second-order valence-corrected chi connectivity index (χ2v) is 12.8. The van der Waals surface area contributed by atoms with Crippen LogP contribution in [-0.2, 0) is 0 Å². The summed E-state index contributed by atoms with van der Waals surface area (Å²) in [5.74, 6) is 2.52. The monoisotopic (exact) mass is 496 g/mol. The summed E-state index contributed by atoms with van der Waals surface area (Å²) in [6.45, 7) is 15.9. The van der Waals surface area contributed by atoms with Crippen molar-refractivity contribution in [2.45, 2.75) is 65.7 Å². The first-order chi connectivity index (χ1) is 16.2. The molecule has 0 aromatic heterocycles. The quantitative estimate of drug-likeness (QED) is 0.408. The van der Waals surface area contributed by atoms with Gasteiger partial charge in [0, 0.05) is 38.4 Å². The molecule has 35 heavy (non-hydrogen) atoms. The van der Waals surface area contributed by atoms with Gasteiger partial charge in [-0.1, -0.05) is 52.0 Å². The van der Waals surface area contributed by atoms with Crippen LogP contribution in [0.2, 0.25) is 0 Å². The first-order valence-electron chi connectivity index (χ1n) is 13.5. The van der Waals surface area contributed by atoms with E-state index in [9.17, 15) is 0 Å². The van der Waals surface area contributed by atoms with E-state index in [-0.39, 0.29) is 12.4 Å². The zero-order valence-corrected chi connectivity index (χ0v) is 23.3. The third kappa shape index (κ3) is 6.35. The molecule has 5 rings (SSSR count).